The second-order valence-electron chi connectivity index (χ2n) is 4.55. The van der Waals surface area contributed by atoms with Gasteiger partial charge in [-0.2, -0.15) is 18.3 Å². The maximum atomic E-state index is 12.7. The van der Waals surface area contributed by atoms with Gasteiger partial charge in [0.05, 0.1) is 22.0 Å². The van der Waals surface area contributed by atoms with Gasteiger partial charge in [-0.25, -0.2) is 8.42 Å². The largest absolute Gasteiger partial charge is 0.416 e. The summed E-state index contributed by atoms with van der Waals surface area (Å²) in [5.41, 5.74) is -1.13. The number of benzene rings is 1. The maximum Gasteiger partial charge on any atom is 0.416 e. The molecule has 0 bridgehead atoms. The van der Waals surface area contributed by atoms with E-state index in [-0.39, 0.29) is 21.3 Å². The van der Waals surface area contributed by atoms with Gasteiger partial charge >= 0.3 is 6.18 Å². The first-order valence-electron chi connectivity index (χ1n) is 5.90. The molecule has 0 fully saturated rings. The van der Waals surface area contributed by atoms with Crippen LogP contribution in [0.15, 0.2) is 29.3 Å². The molecule has 0 saturated heterocycles. The van der Waals surface area contributed by atoms with E-state index < -0.39 is 21.8 Å². The molecule has 10 heteroatoms. The molecule has 2 aromatic rings. The predicted molar refractivity (Wildman–Crippen MR) is 75.2 cm³/mol. The van der Waals surface area contributed by atoms with E-state index >= 15 is 0 Å². The lowest BCUT2D eigenvalue weighted by molar-refractivity contribution is -0.137. The summed E-state index contributed by atoms with van der Waals surface area (Å²) in [6, 6.07) is 2.40. The fraction of sp³-hybridized carbons (Fsp3) is 0.250. The molecule has 120 valence electrons. The smallest absolute Gasteiger partial charge is 0.278 e. The van der Waals surface area contributed by atoms with E-state index in [2.05, 4.69) is 9.82 Å². The summed E-state index contributed by atoms with van der Waals surface area (Å²) in [5, 5.41) is 3.74. The fourth-order valence-electron chi connectivity index (χ4n) is 1.82. The van der Waals surface area contributed by atoms with E-state index in [0.29, 0.717) is 6.07 Å². The van der Waals surface area contributed by atoms with Crippen molar-refractivity contribution < 1.29 is 21.6 Å². The molecule has 1 aromatic carbocycles. The summed E-state index contributed by atoms with van der Waals surface area (Å²) in [6.07, 6.45) is -3.35. The average Bonchev–Trinajstić information content (AvgIpc) is 2.70. The molecule has 0 atom stereocenters. The molecule has 0 spiro atoms. The number of alkyl halides is 3. The molecule has 0 aliphatic heterocycles. The highest BCUT2D eigenvalue weighted by Gasteiger charge is 2.31. The lowest BCUT2D eigenvalue weighted by Gasteiger charge is -2.12. The van der Waals surface area contributed by atoms with Gasteiger partial charge in [0.1, 0.15) is 4.90 Å². The van der Waals surface area contributed by atoms with Crippen molar-refractivity contribution in [2.24, 2.45) is 7.05 Å². The number of nitrogens with one attached hydrogen (secondary N) is 1. The highest BCUT2D eigenvalue weighted by molar-refractivity contribution is 7.92. The van der Waals surface area contributed by atoms with Crippen molar-refractivity contribution in [1.29, 1.82) is 0 Å². The van der Waals surface area contributed by atoms with Crippen LogP contribution in [-0.4, -0.2) is 18.2 Å². The summed E-state index contributed by atoms with van der Waals surface area (Å²) in [7, 11) is -2.56. The first-order chi connectivity index (χ1) is 10.0. The summed E-state index contributed by atoms with van der Waals surface area (Å²) in [5.74, 6) is 0. The lowest BCUT2D eigenvalue weighted by atomic mass is 10.2. The first-order valence-corrected chi connectivity index (χ1v) is 7.76. The van der Waals surface area contributed by atoms with E-state index in [1.165, 1.54) is 24.9 Å². The van der Waals surface area contributed by atoms with Crippen molar-refractivity contribution in [3.8, 4) is 0 Å². The Kier molecular flexibility index (Phi) is 4.14. The SMILES string of the molecule is Cc1nn(C)cc1S(=O)(=O)Nc1cc(C(F)(F)F)ccc1Cl. The molecular weight excluding hydrogens is 343 g/mol. The number of nitrogens with zero attached hydrogens (tertiary/aromatic N) is 2. The molecule has 1 aromatic heterocycles. The van der Waals surface area contributed by atoms with Crippen LogP contribution in [0.4, 0.5) is 18.9 Å². The van der Waals surface area contributed by atoms with Gasteiger partial charge in [-0.3, -0.25) is 9.40 Å². The molecule has 0 amide bonds. The zero-order valence-corrected chi connectivity index (χ0v) is 13.0. The Morgan fingerprint density at radius 3 is 2.45 bits per heavy atom. The van der Waals surface area contributed by atoms with Crippen molar-refractivity contribution >= 4 is 27.3 Å². The quantitative estimate of drug-likeness (QED) is 0.921. The molecule has 1 N–H and O–H groups in total. The monoisotopic (exact) mass is 353 g/mol. The summed E-state index contributed by atoms with van der Waals surface area (Å²) in [4.78, 5) is -0.136. The van der Waals surface area contributed by atoms with Gasteiger partial charge in [0.15, 0.2) is 0 Å². The van der Waals surface area contributed by atoms with Gasteiger partial charge in [0.25, 0.3) is 10.0 Å². The second-order valence-corrected chi connectivity index (χ2v) is 6.61. The molecule has 0 unspecified atom stereocenters. The van der Waals surface area contributed by atoms with Gasteiger partial charge in [0, 0.05) is 13.2 Å². The van der Waals surface area contributed by atoms with Crippen LogP contribution in [0.2, 0.25) is 5.02 Å². The van der Waals surface area contributed by atoms with E-state index in [1.54, 1.807) is 0 Å². The maximum absolute atomic E-state index is 12.7. The van der Waals surface area contributed by atoms with Gasteiger partial charge in [-0.1, -0.05) is 11.6 Å². The van der Waals surface area contributed by atoms with Crippen molar-refractivity contribution in [2.75, 3.05) is 4.72 Å². The van der Waals surface area contributed by atoms with Gasteiger partial charge in [-0.05, 0) is 25.1 Å². The van der Waals surface area contributed by atoms with Crippen LogP contribution in [0.5, 0.6) is 0 Å². The summed E-state index contributed by atoms with van der Waals surface area (Å²) in [6.45, 7) is 1.47. The average molecular weight is 354 g/mol. The second kappa shape index (κ2) is 5.47. The molecule has 22 heavy (non-hydrogen) atoms. The molecular formula is C12H11ClF3N3O2S. The van der Waals surface area contributed by atoms with E-state index in [0.717, 1.165) is 12.1 Å². The number of aryl methyl sites for hydroxylation is 2. The lowest BCUT2D eigenvalue weighted by Crippen LogP contribution is -2.15. The molecule has 0 saturated carbocycles. The Labute approximate surface area is 129 Å². The normalized spacial score (nSPS) is 12.5. The minimum absolute atomic E-state index is 0.136. The summed E-state index contributed by atoms with van der Waals surface area (Å²) < 4.78 is 65.9. The number of hydrogen-bond donors (Lipinski definition) is 1. The Morgan fingerprint density at radius 1 is 1.32 bits per heavy atom. The molecule has 5 nitrogen and oxygen atoms in total. The zero-order chi connectivity index (χ0) is 16.7. The highest BCUT2D eigenvalue weighted by atomic mass is 35.5. The van der Waals surface area contributed by atoms with Gasteiger partial charge in [-0.15, -0.1) is 0 Å². The minimum atomic E-state index is -4.60. The Hall–Kier alpha value is -1.74. The number of hydrogen-bond acceptors (Lipinski definition) is 3. The number of sulfonamides is 1. The van der Waals surface area contributed by atoms with Crippen LogP contribution in [0, 0.1) is 6.92 Å². The third-order valence-electron chi connectivity index (χ3n) is 2.80. The van der Waals surface area contributed by atoms with E-state index in [9.17, 15) is 21.6 Å². The molecule has 1 heterocycles. The zero-order valence-electron chi connectivity index (χ0n) is 11.4. The van der Waals surface area contributed by atoms with Crippen LogP contribution in [0.1, 0.15) is 11.3 Å². The summed E-state index contributed by atoms with van der Waals surface area (Å²) >= 11 is 5.77. The topological polar surface area (TPSA) is 64.0 Å². The first kappa shape index (κ1) is 16.6. The van der Waals surface area contributed by atoms with Crippen LogP contribution >= 0.6 is 11.6 Å². The van der Waals surface area contributed by atoms with Crippen molar-refractivity contribution in [3.05, 3.63) is 40.7 Å². The van der Waals surface area contributed by atoms with Crippen LogP contribution < -0.4 is 4.72 Å². The Balaban J connectivity index is 2.44. The molecule has 0 aliphatic carbocycles. The van der Waals surface area contributed by atoms with Crippen molar-refractivity contribution in [1.82, 2.24) is 9.78 Å². The highest BCUT2D eigenvalue weighted by Crippen LogP contribution is 2.34. The third-order valence-corrected chi connectivity index (χ3v) is 4.59. The molecule has 0 radical (unpaired) electrons. The minimum Gasteiger partial charge on any atom is -0.278 e. The van der Waals surface area contributed by atoms with Crippen molar-refractivity contribution in [2.45, 2.75) is 18.0 Å². The Bertz CT molecular complexity index is 816. The van der Waals surface area contributed by atoms with E-state index in [1.807, 2.05) is 0 Å². The number of halogens is 4. The van der Waals surface area contributed by atoms with E-state index in [4.69, 9.17) is 11.6 Å². The van der Waals surface area contributed by atoms with Crippen LogP contribution in [0.25, 0.3) is 0 Å². The molecule has 0 aliphatic rings. The van der Waals surface area contributed by atoms with Gasteiger partial charge in [0.2, 0.25) is 0 Å². The van der Waals surface area contributed by atoms with Crippen molar-refractivity contribution in [3.63, 3.8) is 0 Å². The molecule has 2 rings (SSSR count). The van der Waals surface area contributed by atoms with Gasteiger partial charge < -0.3 is 0 Å². The fourth-order valence-corrected chi connectivity index (χ4v) is 3.33. The Morgan fingerprint density at radius 2 is 1.95 bits per heavy atom. The van der Waals surface area contributed by atoms with Crippen LogP contribution in [0.3, 0.4) is 0 Å². The number of aromatic nitrogens is 2. The predicted octanol–water partition coefficient (Wildman–Crippen LogP) is 3.20. The standard InChI is InChI=1S/C12H11ClF3N3O2S/c1-7-11(6-19(2)17-7)22(20,21)18-10-5-8(12(14,15)16)3-4-9(10)13/h3-6,18H,1-2H3. The van der Waals surface area contributed by atoms with Crippen LogP contribution in [-0.2, 0) is 23.2 Å². The third kappa shape index (κ3) is 3.36. The number of rotatable bonds is 3. The number of anilines is 1.